The van der Waals surface area contributed by atoms with Crippen LogP contribution in [0.25, 0.3) is 38.8 Å². The molecule has 6 aromatic rings. The van der Waals surface area contributed by atoms with Gasteiger partial charge in [0.25, 0.3) is 5.78 Å². The molecule has 6 rings (SSSR count). The normalized spacial score (nSPS) is 11.3. The SMILES string of the molecule is Cc1c(-c2ccnc(Nc3nc4ccccc4s3)n2)nnc2nc(-c3ccccc3)nn12. The number of thiazole rings is 1. The van der Waals surface area contributed by atoms with Crippen LogP contribution in [0.2, 0.25) is 0 Å². The molecule has 0 saturated carbocycles. The highest BCUT2D eigenvalue weighted by Gasteiger charge is 2.16. The largest absolute Gasteiger partial charge is 0.300 e. The predicted octanol–water partition coefficient (Wildman–Crippen LogP) is 4.31. The number of hydrogen-bond acceptors (Lipinski definition) is 9. The van der Waals surface area contributed by atoms with E-state index in [-0.39, 0.29) is 0 Å². The van der Waals surface area contributed by atoms with Crippen LogP contribution in [0.4, 0.5) is 11.1 Å². The smallest absolute Gasteiger partial charge is 0.272 e. The Balaban J connectivity index is 1.36. The maximum atomic E-state index is 4.62. The van der Waals surface area contributed by atoms with Gasteiger partial charge in [0.1, 0.15) is 5.69 Å². The van der Waals surface area contributed by atoms with Crippen molar-refractivity contribution in [2.45, 2.75) is 6.92 Å². The summed E-state index contributed by atoms with van der Waals surface area (Å²) in [6, 6.07) is 19.5. The fraction of sp³-hybridized carbons (Fsp3) is 0.0455. The Morgan fingerprint density at radius 2 is 1.72 bits per heavy atom. The Bertz CT molecular complexity index is 1540. The van der Waals surface area contributed by atoms with E-state index in [1.54, 1.807) is 28.1 Å². The minimum absolute atomic E-state index is 0.436. The van der Waals surface area contributed by atoms with Crippen molar-refractivity contribution < 1.29 is 0 Å². The number of fused-ring (bicyclic) bond motifs is 2. The summed E-state index contributed by atoms with van der Waals surface area (Å²) in [6.07, 6.45) is 1.68. The van der Waals surface area contributed by atoms with Crippen molar-refractivity contribution >= 4 is 38.4 Å². The zero-order valence-corrected chi connectivity index (χ0v) is 17.7. The van der Waals surface area contributed by atoms with Crippen molar-refractivity contribution in [1.82, 2.24) is 39.7 Å². The summed E-state index contributed by atoms with van der Waals surface area (Å²) in [5, 5.41) is 17.2. The first-order valence-electron chi connectivity index (χ1n) is 9.86. The van der Waals surface area contributed by atoms with Crippen LogP contribution in [-0.4, -0.2) is 39.7 Å². The van der Waals surface area contributed by atoms with Crippen LogP contribution >= 0.6 is 11.3 Å². The first-order valence-corrected chi connectivity index (χ1v) is 10.7. The third-order valence-corrected chi connectivity index (χ3v) is 5.88. The number of rotatable bonds is 4. The Morgan fingerprint density at radius 1 is 0.875 bits per heavy atom. The van der Waals surface area contributed by atoms with Gasteiger partial charge < -0.3 is 0 Å². The molecule has 4 heterocycles. The van der Waals surface area contributed by atoms with E-state index < -0.39 is 0 Å². The van der Waals surface area contributed by atoms with E-state index in [1.807, 2.05) is 61.5 Å². The third-order valence-electron chi connectivity index (χ3n) is 4.93. The molecular weight excluding hydrogens is 422 g/mol. The molecule has 0 spiro atoms. The third kappa shape index (κ3) is 3.22. The van der Waals surface area contributed by atoms with E-state index in [4.69, 9.17) is 0 Å². The van der Waals surface area contributed by atoms with E-state index >= 15 is 0 Å². The highest BCUT2D eigenvalue weighted by molar-refractivity contribution is 7.22. The number of benzene rings is 2. The fourth-order valence-corrected chi connectivity index (χ4v) is 4.24. The molecule has 0 amide bonds. The van der Waals surface area contributed by atoms with E-state index in [1.165, 1.54) is 0 Å². The molecule has 0 unspecified atom stereocenters. The van der Waals surface area contributed by atoms with E-state index in [0.717, 1.165) is 26.6 Å². The fourth-order valence-electron chi connectivity index (χ4n) is 3.38. The minimum atomic E-state index is 0.436. The minimum Gasteiger partial charge on any atom is -0.300 e. The molecule has 1 N–H and O–H groups in total. The predicted molar refractivity (Wildman–Crippen MR) is 123 cm³/mol. The maximum Gasteiger partial charge on any atom is 0.272 e. The average molecular weight is 437 g/mol. The van der Waals surface area contributed by atoms with Crippen LogP contribution in [-0.2, 0) is 0 Å². The van der Waals surface area contributed by atoms with Crippen LogP contribution < -0.4 is 5.32 Å². The highest BCUT2D eigenvalue weighted by atomic mass is 32.1. The summed E-state index contributed by atoms with van der Waals surface area (Å²) < 4.78 is 2.78. The maximum absolute atomic E-state index is 4.62. The van der Waals surface area contributed by atoms with Gasteiger partial charge in [0.2, 0.25) is 5.95 Å². The number of hydrogen-bond donors (Lipinski definition) is 1. The molecule has 32 heavy (non-hydrogen) atoms. The molecule has 2 aromatic carbocycles. The van der Waals surface area contributed by atoms with Gasteiger partial charge in [-0.2, -0.15) is 9.50 Å². The molecule has 0 saturated heterocycles. The number of nitrogens with zero attached hydrogens (tertiary/aromatic N) is 8. The summed E-state index contributed by atoms with van der Waals surface area (Å²) in [6.45, 7) is 1.92. The zero-order chi connectivity index (χ0) is 21.5. The van der Waals surface area contributed by atoms with E-state index in [9.17, 15) is 0 Å². The van der Waals surface area contributed by atoms with Crippen molar-refractivity contribution in [3.8, 4) is 22.8 Å². The zero-order valence-electron chi connectivity index (χ0n) is 16.8. The average Bonchev–Trinajstić information content (AvgIpc) is 3.44. The van der Waals surface area contributed by atoms with Crippen molar-refractivity contribution in [3.63, 3.8) is 0 Å². The second-order valence-electron chi connectivity index (χ2n) is 7.02. The summed E-state index contributed by atoms with van der Waals surface area (Å²) >= 11 is 1.55. The molecule has 154 valence electrons. The molecule has 0 aliphatic heterocycles. The van der Waals surface area contributed by atoms with Crippen LogP contribution in [0, 0.1) is 6.92 Å². The molecule has 0 bridgehead atoms. The molecule has 0 aliphatic carbocycles. The number of para-hydroxylation sites is 1. The number of nitrogens with one attached hydrogen (secondary N) is 1. The Hall–Kier alpha value is -4.31. The highest BCUT2D eigenvalue weighted by Crippen LogP contribution is 2.28. The van der Waals surface area contributed by atoms with Gasteiger partial charge in [0, 0.05) is 11.8 Å². The lowest BCUT2D eigenvalue weighted by molar-refractivity contribution is 0.852. The quantitative estimate of drug-likeness (QED) is 0.435. The molecule has 0 aliphatic rings. The first-order chi connectivity index (χ1) is 15.7. The first kappa shape index (κ1) is 18.5. The van der Waals surface area contributed by atoms with Gasteiger partial charge in [0.15, 0.2) is 11.0 Å². The van der Waals surface area contributed by atoms with Crippen LogP contribution in [0.1, 0.15) is 5.69 Å². The summed E-state index contributed by atoms with van der Waals surface area (Å²) in [5.41, 5.74) is 3.88. The molecule has 10 heteroatoms. The Labute approximate surface area is 185 Å². The van der Waals surface area contributed by atoms with Crippen LogP contribution in [0.3, 0.4) is 0 Å². The monoisotopic (exact) mass is 437 g/mol. The van der Waals surface area contributed by atoms with Gasteiger partial charge in [0.05, 0.1) is 21.6 Å². The van der Waals surface area contributed by atoms with E-state index in [0.29, 0.717) is 28.9 Å². The van der Waals surface area contributed by atoms with Crippen LogP contribution in [0.15, 0.2) is 66.9 Å². The van der Waals surface area contributed by atoms with Gasteiger partial charge in [-0.05, 0) is 25.1 Å². The number of anilines is 2. The van der Waals surface area contributed by atoms with Gasteiger partial charge >= 0.3 is 0 Å². The van der Waals surface area contributed by atoms with Gasteiger partial charge in [-0.1, -0.05) is 53.8 Å². The topological polar surface area (TPSA) is 107 Å². The van der Waals surface area contributed by atoms with Crippen LogP contribution in [0.5, 0.6) is 0 Å². The van der Waals surface area contributed by atoms with Crippen molar-refractivity contribution in [1.29, 1.82) is 0 Å². The van der Waals surface area contributed by atoms with E-state index in [2.05, 4.69) is 40.5 Å². The second-order valence-corrected chi connectivity index (χ2v) is 8.06. The lowest BCUT2D eigenvalue weighted by Crippen LogP contribution is -2.05. The molecule has 0 fully saturated rings. The number of aryl methyl sites for hydroxylation is 1. The Morgan fingerprint density at radius 3 is 2.59 bits per heavy atom. The van der Waals surface area contributed by atoms with Crippen molar-refractivity contribution in [2.75, 3.05) is 5.32 Å². The lowest BCUT2D eigenvalue weighted by atomic mass is 10.2. The molecular formula is C22H15N9S. The van der Waals surface area contributed by atoms with Gasteiger partial charge in [-0.25, -0.2) is 15.0 Å². The number of aromatic nitrogens is 8. The molecule has 0 radical (unpaired) electrons. The summed E-state index contributed by atoms with van der Waals surface area (Å²) in [7, 11) is 0. The Kier molecular flexibility index (Phi) is 4.29. The molecule has 0 atom stereocenters. The summed E-state index contributed by atoms with van der Waals surface area (Å²) in [5.74, 6) is 1.47. The van der Waals surface area contributed by atoms with Gasteiger partial charge in [-0.15, -0.1) is 15.3 Å². The van der Waals surface area contributed by atoms with Crippen molar-refractivity contribution in [3.05, 3.63) is 72.6 Å². The van der Waals surface area contributed by atoms with Crippen molar-refractivity contribution in [2.24, 2.45) is 0 Å². The molecule has 9 nitrogen and oxygen atoms in total. The standard InChI is InChI=1S/C22H15N9S/c1-13-18(28-29-21-26-19(30-31(13)21)14-7-3-2-4-8-14)16-11-12-23-20(24-16)27-22-25-15-9-5-6-10-17(15)32-22/h2-12H,1H3,(H,23,24,25,27). The van der Waals surface area contributed by atoms with Gasteiger partial charge in [-0.3, -0.25) is 5.32 Å². The summed E-state index contributed by atoms with van der Waals surface area (Å²) in [4.78, 5) is 18.0. The lowest BCUT2D eigenvalue weighted by Gasteiger charge is -2.06. The molecule has 4 aromatic heterocycles. The second kappa shape index (κ2) is 7.43.